The smallest absolute Gasteiger partial charge is 0.237 e. The van der Waals surface area contributed by atoms with Crippen LogP contribution in [0.3, 0.4) is 0 Å². The van der Waals surface area contributed by atoms with Crippen LogP contribution in [0, 0.1) is 5.92 Å². The summed E-state index contributed by atoms with van der Waals surface area (Å²) in [6, 6.07) is -0.0870. The van der Waals surface area contributed by atoms with Gasteiger partial charge in [-0.3, -0.25) is 4.79 Å². The van der Waals surface area contributed by atoms with Crippen molar-refractivity contribution in [2.75, 3.05) is 33.4 Å². The maximum atomic E-state index is 12.0. The third-order valence-corrected chi connectivity index (χ3v) is 4.32. The van der Waals surface area contributed by atoms with Crippen molar-refractivity contribution in [3.63, 3.8) is 0 Å². The zero-order chi connectivity index (χ0) is 15.0. The number of amides is 1. The molecule has 1 aliphatic rings. The van der Waals surface area contributed by atoms with Gasteiger partial charge in [-0.05, 0) is 25.2 Å². The lowest BCUT2D eigenvalue weighted by Crippen LogP contribution is -2.51. The maximum Gasteiger partial charge on any atom is 0.237 e. The van der Waals surface area contributed by atoms with Crippen molar-refractivity contribution < 1.29 is 9.53 Å². The minimum atomic E-state index is -0.375. The Morgan fingerprint density at radius 2 is 2.05 bits per heavy atom. The van der Waals surface area contributed by atoms with Crippen molar-refractivity contribution in [3.05, 3.63) is 0 Å². The molecule has 0 spiro atoms. The van der Waals surface area contributed by atoms with E-state index in [1.54, 1.807) is 7.11 Å². The summed E-state index contributed by atoms with van der Waals surface area (Å²) in [6.07, 6.45) is 4.05. The van der Waals surface area contributed by atoms with E-state index in [1.165, 1.54) is 0 Å². The van der Waals surface area contributed by atoms with Crippen LogP contribution < -0.4 is 11.1 Å². The van der Waals surface area contributed by atoms with E-state index in [-0.39, 0.29) is 36.3 Å². The zero-order valence-electron chi connectivity index (χ0n) is 13.6. The Kier molecular flexibility index (Phi) is 11.0. The average molecular weight is 322 g/mol. The van der Waals surface area contributed by atoms with Gasteiger partial charge in [-0.25, -0.2) is 0 Å². The first-order chi connectivity index (χ1) is 9.58. The number of halogens is 1. The van der Waals surface area contributed by atoms with Crippen molar-refractivity contribution in [1.82, 2.24) is 10.2 Å². The molecule has 1 rings (SSSR count). The van der Waals surface area contributed by atoms with Gasteiger partial charge in [0.25, 0.3) is 0 Å². The number of nitrogens with zero attached hydrogens (tertiary/aromatic N) is 1. The monoisotopic (exact) mass is 321 g/mol. The molecule has 2 atom stereocenters. The topological polar surface area (TPSA) is 67.6 Å². The maximum absolute atomic E-state index is 12.0. The summed E-state index contributed by atoms with van der Waals surface area (Å²) in [6.45, 7) is 8.10. The molecule has 0 saturated carbocycles. The molecule has 0 aromatic carbocycles. The molecule has 6 heteroatoms. The number of nitrogens with one attached hydrogen (secondary N) is 1. The highest BCUT2D eigenvalue weighted by atomic mass is 35.5. The number of likely N-dealkylation sites (tertiary alicyclic amines) is 1. The fourth-order valence-corrected chi connectivity index (χ4v) is 2.54. The van der Waals surface area contributed by atoms with Crippen molar-refractivity contribution in [2.45, 2.75) is 51.6 Å². The molecule has 0 bridgehead atoms. The molecule has 0 aromatic heterocycles. The summed E-state index contributed by atoms with van der Waals surface area (Å²) in [5.74, 6) is 0.251. The third-order valence-electron chi connectivity index (χ3n) is 4.32. The summed E-state index contributed by atoms with van der Waals surface area (Å²) in [4.78, 5) is 14.5. The Morgan fingerprint density at radius 3 is 2.57 bits per heavy atom. The van der Waals surface area contributed by atoms with Crippen LogP contribution in [-0.2, 0) is 9.53 Å². The highest BCUT2D eigenvalue weighted by Crippen LogP contribution is 2.12. The van der Waals surface area contributed by atoms with Gasteiger partial charge in [0.2, 0.25) is 5.91 Å². The van der Waals surface area contributed by atoms with Gasteiger partial charge in [-0.2, -0.15) is 0 Å². The van der Waals surface area contributed by atoms with E-state index in [9.17, 15) is 4.79 Å². The van der Waals surface area contributed by atoms with E-state index in [2.05, 4.69) is 17.1 Å². The summed E-state index contributed by atoms with van der Waals surface area (Å²) < 4.78 is 5.07. The van der Waals surface area contributed by atoms with E-state index < -0.39 is 0 Å². The molecule has 2 unspecified atom stereocenters. The third kappa shape index (κ3) is 7.45. The Morgan fingerprint density at radius 1 is 1.43 bits per heavy atom. The SMILES string of the molecule is CCC(C)C(N)C(=O)NC1CCN(CCCOC)CC1.Cl. The van der Waals surface area contributed by atoms with Gasteiger partial charge in [-0.1, -0.05) is 20.3 Å². The molecule has 0 radical (unpaired) electrons. The number of carbonyl (C=O) groups excluding carboxylic acids is 1. The normalized spacial score (nSPS) is 19.6. The lowest BCUT2D eigenvalue weighted by Gasteiger charge is -2.33. The molecule has 126 valence electrons. The summed E-state index contributed by atoms with van der Waals surface area (Å²) in [5.41, 5.74) is 5.96. The molecular weight excluding hydrogens is 290 g/mol. The van der Waals surface area contributed by atoms with E-state index in [0.29, 0.717) is 0 Å². The predicted molar refractivity (Wildman–Crippen MR) is 88.8 cm³/mol. The molecule has 1 saturated heterocycles. The molecule has 0 aromatic rings. The number of hydrogen-bond donors (Lipinski definition) is 2. The largest absolute Gasteiger partial charge is 0.385 e. The fourth-order valence-electron chi connectivity index (χ4n) is 2.54. The van der Waals surface area contributed by atoms with Crippen molar-refractivity contribution in [3.8, 4) is 0 Å². The lowest BCUT2D eigenvalue weighted by molar-refractivity contribution is -0.124. The molecule has 1 aliphatic heterocycles. The Bertz CT molecular complexity index is 284. The quantitative estimate of drug-likeness (QED) is 0.663. The van der Waals surface area contributed by atoms with E-state index in [0.717, 1.165) is 51.9 Å². The van der Waals surface area contributed by atoms with Crippen LogP contribution in [0.4, 0.5) is 0 Å². The molecule has 3 N–H and O–H groups in total. The molecule has 1 fully saturated rings. The number of methoxy groups -OCH3 is 1. The van der Waals surface area contributed by atoms with Crippen LogP contribution in [0.15, 0.2) is 0 Å². The molecule has 21 heavy (non-hydrogen) atoms. The van der Waals surface area contributed by atoms with Crippen LogP contribution in [-0.4, -0.2) is 56.2 Å². The number of rotatable bonds is 8. The Balaban J connectivity index is 0.00000400. The number of nitrogens with two attached hydrogens (primary N) is 1. The van der Waals surface area contributed by atoms with Gasteiger partial charge in [0.05, 0.1) is 6.04 Å². The van der Waals surface area contributed by atoms with Gasteiger partial charge < -0.3 is 20.7 Å². The first kappa shape index (κ1) is 20.6. The van der Waals surface area contributed by atoms with E-state index >= 15 is 0 Å². The fraction of sp³-hybridized carbons (Fsp3) is 0.933. The first-order valence-electron chi connectivity index (χ1n) is 7.85. The van der Waals surface area contributed by atoms with Crippen LogP contribution in [0.2, 0.25) is 0 Å². The van der Waals surface area contributed by atoms with Gasteiger partial charge in [-0.15, -0.1) is 12.4 Å². The molecule has 1 amide bonds. The molecular formula is C15H32ClN3O2. The lowest BCUT2D eigenvalue weighted by atomic mass is 9.98. The Hall–Kier alpha value is -0.360. The molecule has 1 heterocycles. The number of ether oxygens (including phenoxy) is 1. The standard InChI is InChI=1S/C15H31N3O2.ClH/c1-4-12(2)14(16)15(19)17-13-6-9-18(10-7-13)8-5-11-20-3;/h12-14H,4-11,16H2,1-3H3,(H,17,19);1H. The predicted octanol–water partition coefficient (Wildman–Crippen LogP) is 1.40. The number of hydrogen-bond acceptors (Lipinski definition) is 4. The van der Waals surface area contributed by atoms with Crippen molar-refractivity contribution in [2.24, 2.45) is 11.7 Å². The van der Waals surface area contributed by atoms with Gasteiger partial charge >= 0.3 is 0 Å². The summed E-state index contributed by atoms with van der Waals surface area (Å²) in [5, 5.41) is 3.11. The van der Waals surface area contributed by atoms with Crippen molar-refractivity contribution in [1.29, 1.82) is 0 Å². The summed E-state index contributed by atoms with van der Waals surface area (Å²) in [7, 11) is 1.74. The second-order valence-electron chi connectivity index (χ2n) is 5.88. The van der Waals surface area contributed by atoms with Gasteiger partial charge in [0, 0.05) is 39.4 Å². The van der Waals surface area contributed by atoms with Crippen LogP contribution in [0.5, 0.6) is 0 Å². The molecule has 5 nitrogen and oxygen atoms in total. The second kappa shape index (κ2) is 11.2. The highest BCUT2D eigenvalue weighted by Gasteiger charge is 2.24. The molecule has 0 aliphatic carbocycles. The average Bonchev–Trinajstić information content (AvgIpc) is 2.47. The van der Waals surface area contributed by atoms with Crippen LogP contribution in [0.1, 0.15) is 39.5 Å². The number of piperidine rings is 1. The number of carbonyl (C=O) groups is 1. The second-order valence-corrected chi connectivity index (χ2v) is 5.88. The minimum Gasteiger partial charge on any atom is -0.385 e. The van der Waals surface area contributed by atoms with E-state index in [1.807, 2.05) is 6.92 Å². The van der Waals surface area contributed by atoms with Crippen LogP contribution >= 0.6 is 12.4 Å². The Labute approximate surface area is 135 Å². The van der Waals surface area contributed by atoms with Crippen molar-refractivity contribution >= 4 is 18.3 Å². The minimum absolute atomic E-state index is 0. The van der Waals surface area contributed by atoms with Crippen LogP contribution in [0.25, 0.3) is 0 Å². The van der Waals surface area contributed by atoms with Gasteiger partial charge in [0.1, 0.15) is 0 Å². The first-order valence-corrected chi connectivity index (χ1v) is 7.85. The summed E-state index contributed by atoms with van der Waals surface area (Å²) >= 11 is 0. The van der Waals surface area contributed by atoms with E-state index in [4.69, 9.17) is 10.5 Å². The zero-order valence-corrected chi connectivity index (χ0v) is 14.5. The highest BCUT2D eigenvalue weighted by molar-refractivity contribution is 5.85. The van der Waals surface area contributed by atoms with Gasteiger partial charge in [0.15, 0.2) is 0 Å².